The second-order valence-corrected chi connectivity index (χ2v) is 19.0. The number of fused-ring (bicyclic) bond motifs is 20. The molecule has 0 atom stereocenters. The van der Waals surface area contributed by atoms with Gasteiger partial charge in [-0.3, -0.25) is 0 Å². The molecule has 7 aromatic carbocycles. The molecule has 9 nitrogen and oxygen atoms in total. The second kappa shape index (κ2) is 16.7. The van der Waals surface area contributed by atoms with Crippen LogP contribution in [0.25, 0.3) is 89.7 Å². The van der Waals surface area contributed by atoms with Crippen molar-refractivity contribution in [1.82, 2.24) is 39.9 Å². The van der Waals surface area contributed by atoms with Crippen LogP contribution < -0.4 is 5.73 Å². The number of H-pyrrole nitrogens is 2. The Hall–Kier alpha value is -7.25. The summed E-state index contributed by atoms with van der Waals surface area (Å²) in [7, 11) is 0. The predicted octanol–water partition coefficient (Wildman–Crippen LogP) is 13.3. The molecule has 8 bridgehead atoms. The first-order valence-electron chi connectivity index (χ1n) is 21.2. The molecule has 2 aliphatic heterocycles. The van der Waals surface area contributed by atoms with Crippen LogP contribution in [-0.2, 0) is 17.3 Å². The lowest BCUT2D eigenvalue weighted by molar-refractivity contribution is 1.19. The molecule has 312 valence electrons. The van der Waals surface area contributed by atoms with Crippen LogP contribution in [-0.4, -0.2) is 39.9 Å². The van der Waals surface area contributed by atoms with Crippen LogP contribution >= 0.6 is 35.3 Å². The van der Waals surface area contributed by atoms with Crippen molar-refractivity contribution in [3.05, 3.63) is 180 Å². The molecule has 0 saturated heterocycles. The van der Waals surface area contributed by atoms with Crippen molar-refractivity contribution in [2.75, 3.05) is 5.73 Å². The molecule has 5 heterocycles. The second-order valence-electron chi connectivity index (χ2n) is 15.9. The van der Waals surface area contributed by atoms with E-state index in [1.807, 2.05) is 36.4 Å². The Morgan fingerprint density at radius 2 is 0.708 bits per heavy atom. The minimum absolute atomic E-state index is 0.509. The van der Waals surface area contributed by atoms with Crippen molar-refractivity contribution in [2.24, 2.45) is 0 Å². The topological polar surface area (TPSA) is 135 Å². The summed E-state index contributed by atoms with van der Waals surface area (Å²) in [6, 6.07) is 56.7. The van der Waals surface area contributed by atoms with E-state index in [1.54, 1.807) is 35.3 Å². The van der Waals surface area contributed by atoms with Crippen LogP contribution in [0, 0.1) is 0 Å². The minimum atomic E-state index is 0.509. The molecule has 10 aromatic rings. The van der Waals surface area contributed by atoms with Crippen molar-refractivity contribution < 1.29 is 0 Å². The summed E-state index contributed by atoms with van der Waals surface area (Å²) in [4.78, 5) is 42.1. The average Bonchev–Trinajstić information content (AvgIpc) is 4.07. The SMILES string of the molecule is Nc1ccc2c(c1)-c1nc-2nc2[nH]c(nc3nc(nc4[nH]c(n1)c1ccc(SCc5ccccc5)cc41)-c1ccc(SCc4ccccc4)cc1-3)c1ccc(SCc3ccccc3)cc21. The highest BCUT2D eigenvalue weighted by Crippen LogP contribution is 2.40. The summed E-state index contributed by atoms with van der Waals surface area (Å²) in [6.07, 6.45) is 0. The standard InChI is InChI=1S/C53H37N9S3/c54-34-16-20-38-42(24-34)50-55-46(38)57-51-44-26-36(64-29-32-12-6-2-7-13-32)18-22-40(44)48(59-51)61-53-45-27-37(65-30-33-14-8-3-9-15-33)19-23-41(45)49(62-53)60-52-43-25-35(17-21-39(43)47(56-50)58-52)63-28-31-10-4-1-5-11-31/h1-27H,28-30,54H2,(H2,55,56,57,58,59,60,61,62). The van der Waals surface area contributed by atoms with Gasteiger partial charge in [-0.15, -0.1) is 35.3 Å². The lowest BCUT2D eigenvalue weighted by Crippen LogP contribution is -1.87. The number of nitrogens with two attached hydrogens (primary N) is 1. The molecule has 0 aliphatic carbocycles. The number of aromatic nitrogens is 8. The molecular formula is C53H37N9S3. The highest BCUT2D eigenvalue weighted by molar-refractivity contribution is 7.99. The van der Waals surface area contributed by atoms with Gasteiger partial charge >= 0.3 is 0 Å². The molecule has 12 rings (SSSR count). The maximum absolute atomic E-state index is 6.42. The van der Waals surface area contributed by atoms with Crippen molar-refractivity contribution in [1.29, 1.82) is 0 Å². The Balaban J connectivity index is 1.09. The molecule has 0 radical (unpaired) electrons. The smallest absolute Gasteiger partial charge is 0.164 e. The number of nitrogens with zero attached hydrogens (tertiary/aromatic N) is 6. The number of thioether (sulfide) groups is 3. The maximum atomic E-state index is 6.42. The molecule has 0 spiro atoms. The minimum Gasteiger partial charge on any atom is -0.399 e. The normalized spacial score (nSPS) is 11.8. The summed E-state index contributed by atoms with van der Waals surface area (Å²) < 4.78 is 0. The van der Waals surface area contributed by atoms with E-state index in [-0.39, 0.29) is 0 Å². The zero-order valence-corrected chi connectivity index (χ0v) is 37.1. The number of nitrogen functional groups attached to an aromatic ring is 1. The van der Waals surface area contributed by atoms with E-state index in [0.717, 1.165) is 75.7 Å². The number of rotatable bonds is 9. The van der Waals surface area contributed by atoms with Gasteiger partial charge < -0.3 is 15.7 Å². The predicted molar refractivity (Wildman–Crippen MR) is 268 cm³/mol. The summed E-state index contributed by atoms with van der Waals surface area (Å²) in [5.41, 5.74) is 16.8. The summed E-state index contributed by atoms with van der Waals surface area (Å²) in [6.45, 7) is 0. The molecule has 0 saturated carbocycles. The van der Waals surface area contributed by atoms with E-state index in [4.69, 9.17) is 35.6 Å². The Morgan fingerprint density at radius 1 is 0.338 bits per heavy atom. The average molecular weight is 896 g/mol. The first kappa shape index (κ1) is 39.3. The number of anilines is 1. The van der Waals surface area contributed by atoms with Gasteiger partial charge in [-0.2, -0.15) is 0 Å². The molecule has 0 unspecified atom stereocenters. The zero-order valence-electron chi connectivity index (χ0n) is 34.7. The van der Waals surface area contributed by atoms with Crippen LogP contribution in [0.1, 0.15) is 16.7 Å². The fourth-order valence-electron chi connectivity index (χ4n) is 8.24. The van der Waals surface area contributed by atoms with E-state index >= 15 is 0 Å². The third-order valence-corrected chi connectivity index (χ3v) is 14.7. The molecule has 3 aromatic heterocycles. The summed E-state index contributed by atoms with van der Waals surface area (Å²) >= 11 is 5.35. The van der Waals surface area contributed by atoms with Gasteiger partial charge in [-0.05, 0) is 89.5 Å². The van der Waals surface area contributed by atoms with Gasteiger partial charge in [-0.25, -0.2) is 29.9 Å². The van der Waals surface area contributed by atoms with E-state index in [2.05, 4.69) is 137 Å². The Bertz CT molecular complexity index is 3580. The molecule has 0 amide bonds. The monoisotopic (exact) mass is 895 g/mol. The number of benzene rings is 7. The van der Waals surface area contributed by atoms with Crippen LogP contribution in [0.3, 0.4) is 0 Å². The van der Waals surface area contributed by atoms with Crippen LogP contribution in [0.4, 0.5) is 5.69 Å². The maximum Gasteiger partial charge on any atom is 0.164 e. The van der Waals surface area contributed by atoms with E-state index in [1.165, 1.54) is 16.7 Å². The van der Waals surface area contributed by atoms with Crippen molar-refractivity contribution in [2.45, 2.75) is 31.9 Å². The molecular weight excluding hydrogens is 859 g/mol. The quantitative estimate of drug-likeness (QED) is 0.0949. The van der Waals surface area contributed by atoms with Gasteiger partial charge in [0.15, 0.2) is 23.3 Å². The molecule has 65 heavy (non-hydrogen) atoms. The third kappa shape index (κ3) is 7.79. The van der Waals surface area contributed by atoms with Crippen LogP contribution in [0.5, 0.6) is 0 Å². The van der Waals surface area contributed by atoms with Gasteiger partial charge in [0.25, 0.3) is 0 Å². The van der Waals surface area contributed by atoms with Gasteiger partial charge in [-0.1, -0.05) is 91.0 Å². The number of hydrogen-bond acceptors (Lipinski definition) is 10. The van der Waals surface area contributed by atoms with E-state index in [0.29, 0.717) is 51.6 Å². The third-order valence-electron chi connectivity index (χ3n) is 11.5. The Morgan fingerprint density at radius 3 is 1.17 bits per heavy atom. The highest BCUT2D eigenvalue weighted by Gasteiger charge is 2.23. The van der Waals surface area contributed by atoms with Gasteiger partial charge in [0.2, 0.25) is 0 Å². The van der Waals surface area contributed by atoms with Crippen molar-refractivity contribution >= 4 is 85.1 Å². The first-order chi connectivity index (χ1) is 32.0. The molecule has 12 heteroatoms. The Kier molecular flexibility index (Phi) is 10.1. The number of hydrogen-bond donors (Lipinski definition) is 3. The van der Waals surface area contributed by atoms with Crippen molar-refractivity contribution in [3.63, 3.8) is 0 Å². The lowest BCUT2D eigenvalue weighted by atomic mass is 10.1. The first-order valence-corrected chi connectivity index (χ1v) is 24.2. The van der Waals surface area contributed by atoms with Gasteiger partial charge in [0, 0.05) is 81.4 Å². The molecule has 4 N–H and O–H groups in total. The fraction of sp³-hybridized carbons (Fsp3) is 0.0566. The van der Waals surface area contributed by atoms with Crippen LogP contribution in [0.2, 0.25) is 0 Å². The van der Waals surface area contributed by atoms with Crippen molar-refractivity contribution in [3.8, 4) is 45.6 Å². The largest absolute Gasteiger partial charge is 0.399 e. The van der Waals surface area contributed by atoms with E-state index in [9.17, 15) is 0 Å². The zero-order chi connectivity index (χ0) is 43.3. The summed E-state index contributed by atoms with van der Waals surface area (Å²) in [5, 5.41) is 3.69. The molecule has 2 aliphatic rings. The fourth-order valence-corrected chi connectivity index (χ4v) is 10.9. The number of nitrogens with one attached hydrogen (secondary N) is 2. The van der Waals surface area contributed by atoms with Gasteiger partial charge in [0.05, 0.1) is 0 Å². The van der Waals surface area contributed by atoms with Gasteiger partial charge in [0.1, 0.15) is 22.6 Å². The van der Waals surface area contributed by atoms with Crippen LogP contribution in [0.15, 0.2) is 178 Å². The molecule has 0 fully saturated rings. The Labute approximate surface area is 386 Å². The lowest BCUT2D eigenvalue weighted by Gasteiger charge is -2.05. The number of aromatic amines is 2. The summed E-state index contributed by atoms with van der Waals surface area (Å²) in [5.74, 6) is 4.69. The van der Waals surface area contributed by atoms with E-state index < -0.39 is 0 Å². The highest BCUT2D eigenvalue weighted by atomic mass is 32.2.